The summed E-state index contributed by atoms with van der Waals surface area (Å²) in [7, 11) is 4.11. The standard InChI is InChI=1S/C11H14ClNO3.C4H11N/c1-3-5-9(8(2)12)11(15)16-13-7-4-6-10(13)14;1-4-5(2)3/h5H,2-4,6-7H2,1H3;4H2,1-3H3. The van der Waals surface area contributed by atoms with Crippen LogP contribution in [0.3, 0.4) is 0 Å². The number of allylic oxidation sites excluding steroid dienone is 1. The molecule has 1 aliphatic heterocycles. The Morgan fingerprint density at radius 2 is 2.05 bits per heavy atom. The van der Waals surface area contributed by atoms with Crippen molar-refractivity contribution in [3.05, 3.63) is 23.3 Å². The van der Waals surface area contributed by atoms with E-state index < -0.39 is 5.97 Å². The molecule has 6 heteroatoms. The van der Waals surface area contributed by atoms with Gasteiger partial charge in [-0.2, -0.15) is 5.06 Å². The second kappa shape index (κ2) is 10.4. The Morgan fingerprint density at radius 3 is 2.38 bits per heavy atom. The fraction of sp³-hybridized carbons (Fsp3) is 0.600. The van der Waals surface area contributed by atoms with Gasteiger partial charge in [0, 0.05) is 11.5 Å². The summed E-state index contributed by atoms with van der Waals surface area (Å²) in [5.74, 6) is -0.804. The Hall–Kier alpha value is -1.33. The molecule has 0 atom stereocenters. The zero-order valence-corrected chi connectivity index (χ0v) is 14.1. The summed E-state index contributed by atoms with van der Waals surface area (Å²) in [6, 6.07) is 0. The van der Waals surface area contributed by atoms with Crippen LogP contribution in [0.15, 0.2) is 23.3 Å². The molecule has 0 spiro atoms. The molecule has 1 amide bonds. The van der Waals surface area contributed by atoms with Crippen molar-refractivity contribution in [2.24, 2.45) is 0 Å². The van der Waals surface area contributed by atoms with Gasteiger partial charge in [0.15, 0.2) is 0 Å². The molecule has 0 bridgehead atoms. The fourth-order valence-electron chi connectivity index (χ4n) is 1.38. The normalized spacial score (nSPS) is 14.9. The van der Waals surface area contributed by atoms with Crippen molar-refractivity contribution in [1.29, 1.82) is 0 Å². The van der Waals surface area contributed by atoms with E-state index in [2.05, 4.69) is 32.5 Å². The van der Waals surface area contributed by atoms with Gasteiger partial charge in [-0.05, 0) is 33.5 Å². The van der Waals surface area contributed by atoms with Gasteiger partial charge < -0.3 is 9.74 Å². The van der Waals surface area contributed by atoms with Gasteiger partial charge in [0.1, 0.15) is 0 Å². The van der Waals surface area contributed by atoms with Gasteiger partial charge in [0.2, 0.25) is 0 Å². The predicted octanol–water partition coefficient (Wildman–Crippen LogP) is 2.72. The molecular weight excluding hydrogens is 292 g/mol. The van der Waals surface area contributed by atoms with Crippen LogP contribution in [0.2, 0.25) is 0 Å². The van der Waals surface area contributed by atoms with Crippen LogP contribution in [0, 0.1) is 0 Å². The van der Waals surface area contributed by atoms with Crippen molar-refractivity contribution in [2.45, 2.75) is 33.1 Å². The number of carbonyl (C=O) groups is 2. The molecular formula is C15H25ClN2O3. The van der Waals surface area contributed by atoms with Gasteiger partial charge in [0.05, 0.1) is 12.1 Å². The molecule has 1 heterocycles. The highest BCUT2D eigenvalue weighted by atomic mass is 35.5. The molecule has 1 rings (SSSR count). The minimum absolute atomic E-state index is 0.124. The van der Waals surface area contributed by atoms with Gasteiger partial charge in [-0.15, -0.1) is 0 Å². The molecule has 0 unspecified atom stereocenters. The summed E-state index contributed by atoms with van der Waals surface area (Å²) in [6.45, 7) is 9.06. The summed E-state index contributed by atoms with van der Waals surface area (Å²) in [5, 5.41) is 1.20. The third-order valence-electron chi connectivity index (χ3n) is 2.78. The quantitative estimate of drug-likeness (QED) is 0.578. The summed E-state index contributed by atoms with van der Waals surface area (Å²) in [6.07, 6.45) is 3.39. The van der Waals surface area contributed by atoms with Crippen molar-refractivity contribution in [1.82, 2.24) is 9.96 Å². The molecule has 0 N–H and O–H groups in total. The highest BCUT2D eigenvalue weighted by Gasteiger charge is 2.25. The smallest absolute Gasteiger partial charge is 0.333 e. The maximum absolute atomic E-state index is 11.6. The van der Waals surface area contributed by atoms with Gasteiger partial charge in [0.25, 0.3) is 5.91 Å². The minimum Gasteiger partial charge on any atom is -0.333 e. The van der Waals surface area contributed by atoms with Crippen molar-refractivity contribution in [3.8, 4) is 0 Å². The predicted molar refractivity (Wildman–Crippen MR) is 84.6 cm³/mol. The molecule has 120 valence electrons. The van der Waals surface area contributed by atoms with Crippen LogP contribution in [-0.4, -0.2) is 49.0 Å². The van der Waals surface area contributed by atoms with Crippen molar-refractivity contribution in [2.75, 3.05) is 27.2 Å². The molecule has 0 radical (unpaired) electrons. The first-order valence-electron chi connectivity index (χ1n) is 7.05. The van der Waals surface area contributed by atoms with Crippen molar-refractivity contribution >= 4 is 23.5 Å². The van der Waals surface area contributed by atoms with E-state index in [0.29, 0.717) is 25.8 Å². The summed E-state index contributed by atoms with van der Waals surface area (Å²) >= 11 is 5.67. The topological polar surface area (TPSA) is 49.9 Å². The zero-order valence-electron chi connectivity index (χ0n) is 13.3. The molecule has 0 saturated carbocycles. The SMILES string of the molecule is C=C(Cl)C(=CCC)C(=O)ON1CCCC1=O.CCN(C)C. The van der Waals surface area contributed by atoms with Gasteiger partial charge in [-0.1, -0.05) is 38.1 Å². The molecule has 21 heavy (non-hydrogen) atoms. The van der Waals surface area contributed by atoms with E-state index in [1.807, 2.05) is 6.92 Å². The van der Waals surface area contributed by atoms with Gasteiger partial charge in [-0.25, -0.2) is 4.79 Å². The average Bonchev–Trinajstić information content (AvgIpc) is 2.81. The van der Waals surface area contributed by atoms with Crippen LogP contribution >= 0.6 is 11.6 Å². The van der Waals surface area contributed by atoms with E-state index in [9.17, 15) is 9.59 Å². The second-order valence-corrected chi connectivity index (χ2v) is 5.26. The van der Waals surface area contributed by atoms with E-state index >= 15 is 0 Å². The fourth-order valence-corrected chi connectivity index (χ4v) is 1.53. The van der Waals surface area contributed by atoms with E-state index in [1.165, 1.54) is 0 Å². The molecule has 1 fully saturated rings. The molecule has 0 aromatic heterocycles. The first-order chi connectivity index (χ1) is 9.83. The maximum atomic E-state index is 11.6. The highest BCUT2D eigenvalue weighted by molar-refractivity contribution is 6.34. The number of halogens is 1. The van der Waals surface area contributed by atoms with Gasteiger partial charge in [-0.3, -0.25) is 4.79 Å². The summed E-state index contributed by atoms with van der Waals surface area (Å²) in [4.78, 5) is 29.9. The molecule has 1 saturated heterocycles. The monoisotopic (exact) mass is 316 g/mol. The van der Waals surface area contributed by atoms with E-state index in [1.54, 1.807) is 6.08 Å². The maximum Gasteiger partial charge on any atom is 0.364 e. The Kier molecular flexibility index (Phi) is 9.75. The Bertz CT molecular complexity index is 406. The lowest BCUT2D eigenvalue weighted by atomic mass is 10.2. The van der Waals surface area contributed by atoms with Crippen LogP contribution in [0.4, 0.5) is 0 Å². The molecule has 0 aliphatic carbocycles. The Morgan fingerprint density at radius 1 is 1.48 bits per heavy atom. The lowest BCUT2D eigenvalue weighted by Gasteiger charge is -2.15. The third-order valence-corrected chi connectivity index (χ3v) is 2.98. The minimum atomic E-state index is -0.628. The van der Waals surface area contributed by atoms with Crippen molar-refractivity contribution in [3.63, 3.8) is 0 Å². The number of nitrogens with zero attached hydrogens (tertiary/aromatic N) is 2. The van der Waals surface area contributed by atoms with Crippen LogP contribution < -0.4 is 0 Å². The average molecular weight is 317 g/mol. The van der Waals surface area contributed by atoms with E-state index in [-0.39, 0.29) is 16.5 Å². The Labute approximate surface area is 132 Å². The lowest BCUT2D eigenvalue weighted by Crippen LogP contribution is -2.29. The van der Waals surface area contributed by atoms with Crippen LogP contribution in [-0.2, 0) is 14.4 Å². The van der Waals surface area contributed by atoms with Crippen LogP contribution in [0.25, 0.3) is 0 Å². The number of hydroxylamine groups is 2. The number of rotatable bonds is 5. The first kappa shape index (κ1) is 19.7. The lowest BCUT2D eigenvalue weighted by molar-refractivity contribution is -0.188. The summed E-state index contributed by atoms with van der Waals surface area (Å²) < 4.78 is 0. The Balaban J connectivity index is 0.000000690. The van der Waals surface area contributed by atoms with Crippen LogP contribution in [0.5, 0.6) is 0 Å². The molecule has 0 aromatic rings. The van der Waals surface area contributed by atoms with Crippen molar-refractivity contribution < 1.29 is 14.4 Å². The molecule has 5 nitrogen and oxygen atoms in total. The van der Waals surface area contributed by atoms with E-state index in [4.69, 9.17) is 16.4 Å². The van der Waals surface area contributed by atoms with Gasteiger partial charge >= 0.3 is 5.97 Å². The van der Waals surface area contributed by atoms with Crippen LogP contribution in [0.1, 0.15) is 33.1 Å². The number of hydrogen-bond acceptors (Lipinski definition) is 4. The van der Waals surface area contributed by atoms with E-state index in [0.717, 1.165) is 11.6 Å². The largest absolute Gasteiger partial charge is 0.364 e. The highest BCUT2D eigenvalue weighted by Crippen LogP contribution is 2.18. The molecule has 0 aromatic carbocycles. The third kappa shape index (κ3) is 7.87. The number of carbonyl (C=O) groups excluding carboxylic acids is 2. The zero-order chi connectivity index (χ0) is 16.4. The molecule has 1 aliphatic rings. The first-order valence-corrected chi connectivity index (χ1v) is 7.43. The number of hydrogen-bond donors (Lipinski definition) is 0. The number of amides is 1. The second-order valence-electron chi connectivity index (χ2n) is 4.80. The summed E-state index contributed by atoms with van der Waals surface area (Å²) in [5.41, 5.74) is 0.212.